The number of ether oxygens (including phenoxy) is 1. The molecule has 1 saturated heterocycles. The van der Waals surface area contributed by atoms with Gasteiger partial charge in [-0.15, -0.1) is 0 Å². The van der Waals surface area contributed by atoms with Crippen molar-refractivity contribution in [1.82, 2.24) is 9.62 Å². The molecular formula is C30H33N3O5S. The normalized spacial score (nSPS) is 18.2. The average molecular weight is 548 g/mol. The molecule has 5 rings (SSSR count). The summed E-state index contributed by atoms with van der Waals surface area (Å²) in [7, 11) is -3.65. The number of hydrogen-bond donors (Lipinski definition) is 1. The second-order valence-electron chi connectivity index (χ2n) is 10.2. The van der Waals surface area contributed by atoms with Crippen LogP contribution in [0.5, 0.6) is 5.75 Å². The van der Waals surface area contributed by atoms with Crippen molar-refractivity contribution in [3.05, 3.63) is 89.5 Å². The Labute approximate surface area is 229 Å². The van der Waals surface area contributed by atoms with Crippen LogP contribution in [0.2, 0.25) is 0 Å². The lowest BCUT2D eigenvalue weighted by atomic mass is 9.95. The van der Waals surface area contributed by atoms with Gasteiger partial charge in [0.05, 0.1) is 17.1 Å². The Kier molecular flexibility index (Phi) is 7.72. The molecule has 0 unspecified atom stereocenters. The Morgan fingerprint density at radius 1 is 0.949 bits per heavy atom. The van der Waals surface area contributed by atoms with Gasteiger partial charge in [-0.2, -0.15) is 4.31 Å². The van der Waals surface area contributed by atoms with Crippen molar-refractivity contribution < 1.29 is 22.7 Å². The van der Waals surface area contributed by atoms with Gasteiger partial charge in [0.2, 0.25) is 15.9 Å². The number of carbonyl (C=O) groups is 2. The number of aryl methyl sites for hydroxylation is 2. The van der Waals surface area contributed by atoms with E-state index >= 15 is 0 Å². The predicted octanol–water partition coefficient (Wildman–Crippen LogP) is 3.81. The van der Waals surface area contributed by atoms with Crippen molar-refractivity contribution in [2.24, 2.45) is 5.92 Å². The first-order valence-corrected chi connectivity index (χ1v) is 14.6. The van der Waals surface area contributed by atoms with Crippen LogP contribution in [-0.4, -0.2) is 50.3 Å². The summed E-state index contributed by atoms with van der Waals surface area (Å²) in [4.78, 5) is 28.7. The summed E-state index contributed by atoms with van der Waals surface area (Å²) in [6.07, 6.45) is -0.0296. The first kappa shape index (κ1) is 26.9. The van der Waals surface area contributed by atoms with Crippen LogP contribution in [0.3, 0.4) is 0 Å². The summed E-state index contributed by atoms with van der Waals surface area (Å²) < 4.78 is 34.2. The van der Waals surface area contributed by atoms with Gasteiger partial charge in [0, 0.05) is 25.6 Å². The number of piperidine rings is 1. The Bertz CT molecular complexity index is 1470. The molecule has 1 atom stereocenters. The number of amides is 2. The van der Waals surface area contributed by atoms with Gasteiger partial charge in [0.15, 0.2) is 6.10 Å². The van der Waals surface area contributed by atoms with Crippen LogP contribution in [0.4, 0.5) is 5.69 Å². The van der Waals surface area contributed by atoms with Gasteiger partial charge in [0.1, 0.15) is 5.75 Å². The number of para-hydroxylation sites is 2. The Hall–Kier alpha value is -3.69. The van der Waals surface area contributed by atoms with Gasteiger partial charge in [-0.1, -0.05) is 54.6 Å². The molecule has 2 aliphatic rings. The maximum Gasteiger partial charge on any atom is 0.263 e. The van der Waals surface area contributed by atoms with Crippen molar-refractivity contribution in [3.63, 3.8) is 0 Å². The highest BCUT2D eigenvalue weighted by Gasteiger charge is 2.39. The lowest BCUT2D eigenvalue weighted by molar-refractivity contribution is -0.129. The number of anilines is 1. The van der Waals surface area contributed by atoms with E-state index < -0.39 is 16.1 Å². The van der Waals surface area contributed by atoms with Crippen molar-refractivity contribution in [3.8, 4) is 5.75 Å². The lowest BCUT2D eigenvalue weighted by Crippen LogP contribution is -2.53. The Balaban J connectivity index is 1.27. The third-order valence-electron chi connectivity index (χ3n) is 7.41. The fraction of sp³-hybridized carbons (Fsp3) is 0.333. The number of nitrogens with zero attached hydrogens (tertiary/aromatic N) is 2. The number of rotatable bonds is 6. The summed E-state index contributed by atoms with van der Waals surface area (Å²) in [5, 5.41) is 2.91. The minimum Gasteiger partial charge on any atom is -0.477 e. The largest absolute Gasteiger partial charge is 0.477 e. The molecule has 3 aromatic carbocycles. The molecule has 8 nitrogen and oxygen atoms in total. The minimum absolute atomic E-state index is 0.0947. The Morgan fingerprint density at radius 3 is 2.38 bits per heavy atom. The molecule has 3 aromatic rings. The van der Waals surface area contributed by atoms with E-state index in [-0.39, 0.29) is 37.4 Å². The van der Waals surface area contributed by atoms with Crippen LogP contribution in [0.15, 0.2) is 77.7 Å². The first-order valence-electron chi connectivity index (χ1n) is 13.2. The molecule has 0 aliphatic carbocycles. The maximum atomic E-state index is 13.8. The maximum absolute atomic E-state index is 13.8. The molecule has 0 radical (unpaired) electrons. The SMILES string of the molecule is Cc1ccc(C)c(S(=O)(=O)N2CCC(C(=O)N3C[C@H](C(=O)NCc4ccccc4)Oc4ccccc43)CC2)c1. The summed E-state index contributed by atoms with van der Waals surface area (Å²) in [5.41, 5.74) is 3.19. The molecule has 39 heavy (non-hydrogen) atoms. The second-order valence-corrected chi connectivity index (χ2v) is 12.1. The predicted molar refractivity (Wildman–Crippen MR) is 149 cm³/mol. The molecule has 0 spiro atoms. The van der Waals surface area contributed by atoms with Crippen molar-refractivity contribution in [2.45, 2.75) is 44.2 Å². The topological polar surface area (TPSA) is 96.0 Å². The molecule has 0 bridgehead atoms. The third kappa shape index (κ3) is 5.69. The molecule has 2 amide bonds. The van der Waals surface area contributed by atoms with Crippen LogP contribution in [-0.2, 0) is 26.2 Å². The molecule has 2 heterocycles. The van der Waals surface area contributed by atoms with Gasteiger partial charge < -0.3 is 15.0 Å². The number of nitrogens with one attached hydrogen (secondary N) is 1. The van der Waals surface area contributed by atoms with Crippen LogP contribution >= 0.6 is 0 Å². The zero-order valence-electron chi connectivity index (χ0n) is 22.2. The van der Waals surface area contributed by atoms with Crippen LogP contribution < -0.4 is 15.0 Å². The first-order chi connectivity index (χ1) is 18.7. The van der Waals surface area contributed by atoms with Gasteiger partial charge in [-0.25, -0.2) is 8.42 Å². The Morgan fingerprint density at radius 2 is 1.64 bits per heavy atom. The van der Waals surface area contributed by atoms with Gasteiger partial charge in [-0.05, 0) is 61.6 Å². The standard InChI is InChI=1S/C30H33N3O5S/c1-21-12-13-22(2)28(18-21)39(36,37)32-16-14-24(15-17-32)30(35)33-20-27(38-26-11-7-6-10-25(26)33)29(34)31-19-23-8-4-3-5-9-23/h3-13,18,24,27H,14-17,19-20H2,1-2H3,(H,31,34)/t27-/m1/s1. The van der Waals surface area contributed by atoms with Crippen molar-refractivity contribution in [2.75, 3.05) is 24.5 Å². The summed E-state index contributed by atoms with van der Waals surface area (Å²) in [6, 6.07) is 22.2. The molecular weight excluding hydrogens is 514 g/mol. The number of carbonyl (C=O) groups excluding carboxylic acids is 2. The fourth-order valence-electron chi connectivity index (χ4n) is 5.17. The van der Waals surface area contributed by atoms with E-state index in [9.17, 15) is 18.0 Å². The zero-order valence-corrected chi connectivity index (χ0v) is 23.0. The molecule has 2 aliphatic heterocycles. The molecule has 204 valence electrons. The lowest BCUT2D eigenvalue weighted by Gasteiger charge is -2.38. The van der Waals surface area contributed by atoms with Gasteiger partial charge in [-0.3, -0.25) is 9.59 Å². The average Bonchev–Trinajstić information content (AvgIpc) is 2.96. The highest BCUT2D eigenvalue weighted by atomic mass is 32.2. The van der Waals surface area contributed by atoms with Crippen LogP contribution in [0.1, 0.15) is 29.5 Å². The van der Waals surface area contributed by atoms with Gasteiger partial charge in [0.25, 0.3) is 5.91 Å². The van der Waals surface area contributed by atoms with E-state index in [1.165, 1.54) is 4.31 Å². The molecule has 0 aromatic heterocycles. The third-order valence-corrected chi connectivity index (χ3v) is 9.45. The minimum atomic E-state index is -3.65. The molecule has 1 N–H and O–H groups in total. The van der Waals surface area contributed by atoms with E-state index in [1.807, 2.05) is 67.6 Å². The molecule has 1 fully saturated rings. The van der Waals surface area contributed by atoms with Crippen LogP contribution in [0.25, 0.3) is 0 Å². The van der Waals surface area contributed by atoms with Crippen molar-refractivity contribution >= 4 is 27.5 Å². The number of sulfonamides is 1. The van der Waals surface area contributed by atoms with Crippen LogP contribution in [0, 0.1) is 19.8 Å². The smallest absolute Gasteiger partial charge is 0.263 e. The van der Waals surface area contributed by atoms with E-state index in [0.29, 0.717) is 41.3 Å². The van der Waals surface area contributed by atoms with E-state index in [0.717, 1.165) is 11.1 Å². The zero-order chi connectivity index (χ0) is 27.6. The summed E-state index contributed by atoms with van der Waals surface area (Å²) in [5.74, 6) is -0.280. The van der Waals surface area contributed by atoms with E-state index in [1.54, 1.807) is 24.0 Å². The van der Waals surface area contributed by atoms with E-state index in [2.05, 4.69) is 5.32 Å². The summed E-state index contributed by atoms with van der Waals surface area (Å²) in [6.45, 7) is 4.65. The van der Waals surface area contributed by atoms with E-state index in [4.69, 9.17) is 4.74 Å². The highest BCUT2D eigenvalue weighted by molar-refractivity contribution is 7.89. The molecule has 9 heteroatoms. The second kappa shape index (κ2) is 11.2. The quantitative estimate of drug-likeness (QED) is 0.506. The number of fused-ring (bicyclic) bond motifs is 1. The monoisotopic (exact) mass is 547 g/mol. The van der Waals surface area contributed by atoms with Gasteiger partial charge >= 0.3 is 0 Å². The number of benzene rings is 3. The fourth-order valence-corrected chi connectivity index (χ4v) is 6.95. The van der Waals surface area contributed by atoms with Crippen molar-refractivity contribution in [1.29, 1.82) is 0 Å². The highest BCUT2D eigenvalue weighted by Crippen LogP contribution is 2.36. The summed E-state index contributed by atoms with van der Waals surface area (Å²) >= 11 is 0. The molecule has 0 saturated carbocycles. The number of hydrogen-bond acceptors (Lipinski definition) is 5.